The summed E-state index contributed by atoms with van der Waals surface area (Å²) in [6.45, 7) is 0. The lowest BCUT2D eigenvalue weighted by atomic mass is 9.85. The third-order valence-corrected chi connectivity index (χ3v) is 28.3. The van der Waals surface area contributed by atoms with E-state index in [9.17, 15) is 0 Å². The van der Waals surface area contributed by atoms with Crippen molar-refractivity contribution in [3.8, 4) is 100 Å². The molecule has 0 aliphatic heterocycles. The Labute approximate surface area is 687 Å². The number of rotatable bonds is 9. The molecule has 0 radical (unpaired) electrons. The van der Waals surface area contributed by atoms with Crippen molar-refractivity contribution in [2.24, 2.45) is 0 Å². The van der Waals surface area contributed by atoms with Gasteiger partial charge in [-0.25, -0.2) is 0 Å². The van der Waals surface area contributed by atoms with Gasteiger partial charge in [-0.1, -0.05) is 315 Å². The average Bonchev–Trinajstić information content (AvgIpc) is 1.14. The van der Waals surface area contributed by atoms with Crippen molar-refractivity contribution in [1.29, 1.82) is 0 Å². The Morgan fingerprint density at radius 1 is 0.110 bits per heavy atom. The van der Waals surface area contributed by atoms with E-state index in [1.54, 1.807) is 0 Å². The van der Waals surface area contributed by atoms with E-state index in [-0.39, 0.29) is 0 Å². The molecule has 26 rings (SSSR count). The standard InChI is InChI=1S/C116H66S2/c1-2-16-67(17-3-1)82-60-83(62-84(61-82)88-47-37-71-40-49-96-86(45-35-70-41-51-98(88)114(71)113(70)96)80-42-52-100-102(63-80)94-31-9-6-28-91(94)99-53-55-109-116(115(99)100)101-32-10-11-33-107(101)117-109)78-24-14-22-76(58-78)74-20-12-18-72(56-74)73-19-13-21-75(57-73)77-23-15-25-79(59-77)85-44-34-68-39-50-97-87(46-36-69-38-48-95(85)111(68)112(69)97)81-43-54-108-105(64-81)106-65-103-92-29-7-4-26-89(92)90-27-5-8-30-93(90)104(103)66-110(106)118-108/h1-66H. The summed E-state index contributed by atoms with van der Waals surface area (Å²) in [5, 5.41) is 36.3. The van der Waals surface area contributed by atoms with E-state index in [0.717, 1.165) is 0 Å². The maximum absolute atomic E-state index is 2.48. The molecule has 0 saturated carbocycles. The Morgan fingerprint density at radius 2 is 0.407 bits per heavy atom. The summed E-state index contributed by atoms with van der Waals surface area (Å²) in [5.74, 6) is 0. The average molecular weight is 1520 g/mol. The first kappa shape index (κ1) is 65.7. The van der Waals surface area contributed by atoms with Gasteiger partial charge in [-0.3, -0.25) is 0 Å². The summed E-state index contributed by atoms with van der Waals surface area (Å²) >= 11 is 3.80. The molecule has 2 heteroatoms. The monoisotopic (exact) mass is 1520 g/mol. The van der Waals surface area contributed by atoms with Gasteiger partial charge in [-0.2, -0.15) is 0 Å². The molecule has 0 spiro atoms. The van der Waals surface area contributed by atoms with Crippen molar-refractivity contribution in [3.05, 3.63) is 400 Å². The fraction of sp³-hybridized carbons (Fsp3) is 0. The predicted octanol–water partition coefficient (Wildman–Crippen LogP) is 34.1. The van der Waals surface area contributed by atoms with E-state index < -0.39 is 0 Å². The Bertz CT molecular complexity index is 8810. The van der Waals surface area contributed by atoms with Crippen molar-refractivity contribution < 1.29 is 0 Å². The summed E-state index contributed by atoms with van der Waals surface area (Å²) in [7, 11) is 0. The molecule has 0 N–H and O–H groups in total. The SMILES string of the molecule is c1ccc(-c2cc(-c3cccc(-c4cccc(-c5cccc(-c6cccc(-c7ccc8ccc9c(-c%10ccc%11sc%12cc%13c%14ccccc%14c%14ccccc%14c%13cc%12c%11c%10)ccc%10ccc7c8c%109)c6)c5)c4)c3)cc(-c3ccc4ccc5c(-c6ccc7c(c6)c6ccccc6c6ccc8sc9ccccc9c8c67)ccc6ccc3c4c65)c2)cc1. The van der Waals surface area contributed by atoms with Crippen LogP contribution in [0.5, 0.6) is 0 Å². The topological polar surface area (TPSA) is 0 Å². The molecule has 0 saturated heterocycles. The molecular weight excluding hydrogens is 1460 g/mol. The van der Waals surface area contributed by atoms with Gasteiger partial charge >= 0.3 is 0 Å². The van der Waals surface area contributed by atoms with Gasteiger partial charge in [0.2, 0.25) is 0 Å². The molecule has 2 heterocycles. The molecule has 542 valence electrons. The van der Waals surface area contributed by atoms with Crippen LogP contribution in [0.4, 0.5) is 0 Å². The lowest BCUT2D eigenvalue weighted by Crippen LogP contribution is -1.91. The lowest BCUT2D eigenvalue weighted by molar-refractivity contribution is 1.55. The zero-order valence-corrected chi connectivity index (χ0v) is 65.6. The number of hydrogen-bond acceptors (Lipinski definition) is 2. The van der Waals surface area contributed by atoms with E-state index in [1.807, 2.05) is 22.7 Å². The molecule has 26 aromatic rings. The van der Waals surface area contributed by atoms with Crippen LogP contribution in [-0.4, -0.2) is 0 Å². The number of hydrogen-bond donors (Lipinski definition) is 0. The molecular formula is C116H66S2. The molecule has 0 atom stereocenters. The molecule has 2 aromatic heterocycles. The number of fused-ring (bicyclic) bond motifs is 19. The van der Waals surface area contributed by atoms with Crippen LogP contribution in [-0.2, 0) is 0 Å². The van der Waals surface area contributed by atoms with Crippen LogP contribution in [0.25, 0.3) is 270 Å². The Kier molecular flexibility index (Phi) is 14.2. The second-order valence-electron chi connectivity index (χ2n) is 32.3. The maximum atomic E-state index is 2.48. The molecule has 118 heavy (non-hydrogen) atoms. The van der Waals surface area contributed by atoms with Crippen molar-refractivity contribution >= 4 is 192 Å². The molecule has 0 aliphatic carbocycles. The van der Waals surface area contributed by atoms with Gasteiger partial charge in [0.25, 0.3) is 0 Å². The minimum atomic E-state index is 1.17. The third kappa shape index (κ3) is 9.95. The first-order chi connectivity index (χ1) is 58.4. The number of benzene rings is 24. The van der Waals surface area contributed by atoms with Crippen LogP contribution in [0.1, 0.15) is 0 Å². The van der Waals surface area contributed by atoms with Crippen molar-refractivity contribution in [2.45, 2.75) is 0 Å². The molecule has 0 amide bonds. The second kappa shape index (κ2) is 25.4. The van der Waals surface area contributed by atoms with Crippen molar-refractivity contribution in [2.75, 3.05) is 0 Å². The highest BCUT2D eigenvalue weighted by Crippen LogP contribution is 2.51. The Balaban J connectivity index is 0.527. The zero-order chi connectivity index (χ0) is 77.0. The van der Waals surface area contributed by atoms with E-state index in [1.165, 1.54) is 270 Å². The molecule has 0 bridgehead atoms. The molecule has 24 aromatic carbocycles. The van der Waals surface area contributed by atoms with Crippen LogP contribution in [0.15, 0.2) is 400 Å². The predicted molar refractivity (Wildman–Crippen MR) is 514 cm³/mol. The largest absolute Gasteiger partial charge is 0.135 e. The first-order valence-corrected chi connectivity index (χ1v) is 42.5. The van der Waals surface area contributed by atoms with E-state index in [2.05, 4.69) is 400 Å². The Hall–Kier alpha value is -14.6. The van der Waals surface area contributed by atoms with Crippen molar-refractivity contribution in [3.63, 3.8) is 0 Å². The van der Waals surface area contributed by atoms with Crippen LogP contribution < -0.4 is 0 Å². The van der Waals surface area contributed by atoms with Gasteiger partial charge in [0.1, 0.15) is 0 Å². The van der Waals surface area contributed by atoms with Gasteiger partial charge in [0.15, 0.2) is 0 Å². The van der Waals surface area contributed by atoms with Gasteiger partial charge in [0, 0.05) is 40.3 Å². The van der Waals surface area contributed by atoms with Crippen LogP contribution >= 0.6 is 22.7 Å². The quantitative estimate of drug-likeness (QED) is 0.126. The minimum absolute atomic E-state index is 1.17. The van der Waals surface area contributed by atoms with E-state index in [4.69, 9.17) is 0 Å². The van der Waals surface area contributed by atoms with Gasteiger partial charge in [0.05, 0.1) is 0 Å². The molecule has 0 unspecified atom stereocenters. The zero-order valence-electron chi connectivity index (χ0n) is 63.9. The maximum Gasteiger partial charge on any atom is 0.0362 e. The van der Waals surface area contributed by atoms with Gasteiger partial charge in [-0.15, -0.1) is 22.7 Å². The first-order valence-electron chi connectivity index (χ1n) is 40.9. The fourth-order valence-electron chi connectivity index (χ4n) is 20.6. The van der Waals surface area contributed by atoms with E-state index >= 15 is 0 Å². The van der Waals surface area contributed by atoms with Gasteiger partial charge in [-0.05, 0) is 314 Å². The highest BCUT2D eigenvalue weighted by Gasteiger charge is 2.23. The molecule has 0 aliphatic rings. The summed E-state index contributed by atoms with van der Waals surface area (Å²) < 4.78 is 5.29. The smallest absolute Gasteiger partial charge is 0.0362 e. The van der Waals surface area contributed by atoms with Crippen LogP contribution in [0, 0.1) is 0 Å². The number of thiophene rings is 2. The highest BCUT2D eigenvalue weighted by atomic mass is 32.1. The highest BCUT2D eigenvalue weighted by molar-refractivity contribution is 7.26. The van der Waals surface area contributed by atoms with Gasteiger partial charge < -0.3 is 0 Å². The van der Waals surface area contributed by atoms with Crippen LogP contribution in [0.2, 0.25) is 0 Å². The van der Waals surface area contributed by atoms with E-state index in [0.29, 0.717) is 0 Å². The second-order valence-corrected chi connectivity index (χ2v) is 34.5. The molecule has 0 fully saturated rings. The third-order valence-electron chi connectivity index (χ3n) is 26.1. The minimum Gasteiger partial charge on any atom is -0.135 e. The van der Waals surface area contributed by atoms with Crippen molar-refractivity contribution in [1.82, 2.24) is 0 Å². The summed E-state index contributed by atoms with van der Waals surface area (Å²) in [4.78, 5) is 0. The van der Waals surface area contributed by atoms with Crippen LogP contribution in [0.3, 0.4) is 0 Å². The summed E-state index contributed by atoms with van der Waals surface area (Å²) in [5.41, 5.74) is 21.6. The fourth-order valence-corrected chi connectivity index (χ4v) is 22.8. The Morgan fingerprint density at radius 3 is 0.924 bits per heavy atom. The molecule has 0 nitrogen and oxygen atoms in total. The summed E-state index contributed by atoms with van der Waals surface area (Å²) in [6.07, 6.45) is 0. The normalized spacial score (nSPS) is 12.2. The lowest BCUT2D eigenvalue weighted by Gasteiger charge is -2.18. The summed E-state index contributed by atoms with van der Waals surface area (Å²) in [6, 6.07) is 152.